The molecule has 0 atom stereocenters. The second kappa shape index (κ2) is 6.06. The van der Waals surface area contributed by atoms with Gasteiger partial charge < -0.3 is 10.1 Å². The standard InChI is InChI=1S/C19H18BrNO3/c1-11-4-6-15(14(20)8-11)21-18(23)12-5-7-17-13(9-12)16(22)10-19(2,3)24-17/h4-9H,10H2,1-3H3,(H,21,23). The summed E-state index contributed by atoms with van der Waals surface area (Å²) in [5.41, 5.74) is 2.16. The van der Waals surface area contributed by atoms with Crippen molar-refractivity contribution in [3.05, 3.63) is 57.6 Å². The summed E-state index contributed by atoms with van der Waals surface area (Å²) >= 11 is 3.44. The number of nitrogens with one attached hydrogen (secondary N) is 1. The van der Waals surface area contributed by atoms with Gasteiger partial charge in [-0.2, -0.15) is 0 Å². The van der Waals surface area contributed by atoms with Gasteiger partial charge in [0.05, 0.1) is 17.7 Å². The highest BCUT2D eigenvalue weighted by atomic mass is 79.9. The fourth-order valence-electron chi connectivity index (χ4n) is 2.71. The summed E-state index contributed by atoms with van der Waals surface area (Å²) in [4.78, 5) is 24.8. The fourth-order valence-corrected chi connectivity index (χ4v) is 3.30. The molecule has 0 saturated heterocycles. The molecule has 5 heteroatoms. The molecule has 0 radical (unpaired) electrons. The van der Waals surface area contributed by atoms with Crippen LogP contribution >= 0.6 is 15.9 Å². The monoisotopic (exact) mass is 387 g/mol. The Labute approximate surface area is 149 Å². The minimum Gasteiger partial charge on any atom is -0.487 e. The number of fused-ring (bicyclic) bond motifs is 1. The first-order valence-corrected chi connectivity index (χ1v) is 8.48. The lowest BCUT2D eigenvalue weighted by Gasteiger charge is -2.31. The van der Waals surface area contributed by atoms with Crippen LogP contribution in [0.15, 0.2) is 40.9 Å². The van der Waals surface area contributed by atoms with E-state index in [1.165, 1.54) is 0 Å². The van der Waals surface area contributed by atoms with Crippen LogP contribution in [-0.4, -0.2) is 17.3 Å². The highest BCUT2D eigenvalue weighted by Crippen LogP contribution is 2.33. The molecule has 0 bridgehead atoms. The first-order valence-electron chi connectivity index (χ1n) is 7.69. The number of aryl methyl sites for hydroxylation is 1. The summed E-state index contributed by atoms with van der Waals surface area (Å²) in [5.74, 6) is 0.261. The maximum atomic E-state index is 12.5. The van der Waals surface area contributed by atoms with Crippen molar-refractivity contribution in [2.45, 2.75) is 32.8 Å². The highest BCUT2D eigenvalue weighted by molar-refractivity contribution is 9.10. The maximum absolute atomic E-state index is 12.5. The predicted molar refractivity (Wildman–Crippen MR) is 96.9 cm³/mol. The number of halogens is 1. The van der Waals surface area contributed by atoms with Crippen molar-refractivity contribution in [2.24, 2.45) is 0 Å². The molecule has 1 amide bonds. The van der Waals surface area contributed by atoms with Crippen LogP contribution in [0.5, 0.6) is 5.75 Å². The zero-order valence-electron chi connectivity index (χ0n) is 13.8. The number of carbonyl (C=O) groups excluding carboxylic acids is 2. The zero-order valence-corrected chi connectivity index (χ0v) is 15.4. The first-order chi connectivity index (χ1) is 11.2. The van der Waals surface area contributed by atoms with E-state index in [0.29, 0.717) is 29.0 Å². The number of hydrogen-bond donors (Lipinski definition) is 1. The molecule has 1 aliphatic rings. The summed E-state index contributed by atoms with van der Waals surface area (Å²) < 4.78 is 6.63. The quantitative estimate of drug-likeness (QED) is 0.808. The summed E-state index contributed by atoms with van der Waals surface area (Å²) in [6.07, 6.45) is 0.300. The molecule has 0 aliphatic carbocycles. The molecule has 3 rings (SSSR count). The summed E-state index contributed by atoms with van der Waals surface area (Å²) in [6.45, 7) is 5.74. The molecule has 0 spiro atoms. The van der Waals surface area contributed by atoms with Crippen molar-refractivity contribution in [2.75, 3.05) is 5.32 Å². The van der Waals surface area contributed by atoms with Crippen LogP contribution in [0, 0.1) is 6.92 Å². The van der Waals surface area contributed by atoms with E-state index in [9.17, 15) is 9.59 Å². The Morgan fingerprint density at radius 1 is 1.21 bits per heavy atom. The number of ether oxygens (including phenoxy) is 1. The molecule has 2 aromatic carbocycles. The minimum atomic E-state index is -0.513. The Balaban J connectivity index is 1.87. The Kier molecular flexibility index (Phi) is 4.22. The van der Waals surface area contributed by atoms with Crippen molar-refractivity contribution < 1.29 is 14.3 Å². The fraction of sp³-hybridized carbons (Fsp3) is 0.263. The van der Waals surface area contributed by atoms with Crippen molar-refractivity contribution in [3.63, 3.8) is 0 Å². The molecule has 4 nitrogen and oxygen atoms in total. The van der Waals surface area contributed by atoms with E-state index >= 15 is 0 Å². The minimum absolute atomic E-state index is 0.00702. The van der Waals surface area contributed by atoms with E-state index in [-0.39, 0.29) is 11.7 Å². The van der Waals surface area contributed by atoms with E-state index < -0.39 is 5.60 Å². The lowest BCUT2D eigenvalue weighted by molar-refractivity contribution is 0.0620. The second-order valence-corrected chi connectivity index (χ2v) is 7.46. The van der Waals surface area contributed by atoms with Gasteiger partial charge in [-0.25, -0.2) is 0 Å². The van der Waals surface area contributed by atoms with Crippen molar-refractivity contribution in [3.8, 4) is 5.75 Å². The number of benzene rings is 2. The number of rotatable bonds is 2. The van der Waals surface area contributed by atoms with E-state index in [1.54, 1.807) is 18.2 Å². The van der Waals surface area contributed by atoms with Gasteiger partial charge in [0, 0.05) is 10.0 Å². The van der Waals surface area contributed by atoms with E-state index in [0.717, 1.165) is 10.0 Å². The third-order valence-corrected chi connectivity index (χ3v) is 4.54. The summed E-state index contributed by atoms with van der Waals surface area (Å²) in [5, 5.41) is 2.85. The van der Waals surface area contributed by atoms with Gasteiger partial charge in [-0.15, -0.1) is 0 Å². The molecule has 0 unspecified atom stereocenters. The number of carbonyl (C=O) groups is 2. The second-order valence-electron chi connectivity index (χ2n) is 6.61. The van der Waals surface area contributed by atoms with Crippen LogP contribution in [-0.2, 0) is 0 Å². The van der Waals surface area contributed by atoms with Gasteiger partial charge in [-0.1, -0.05) is 6.07 Å². The third kappa shape index (κ3) is 3.36. The number of hydrogen-bond acceptors (Lipinski definition) is 3. The molecule has 0 aromatic heterocycles. The van der Waals surface area contributed by atoms with Crippen LogP contribution in [0.25, 0.3) is 0 Å². The van der Waals surface area contributed by atoms with Gasteiger partial charge in [0.2, 0.25) is 0 Å². The Hall–Kier alpha value is -2.14. The largest absolute Gasteiger partial charge is 0.487 e. The van der Waals surface area contributed by atoms with Gasteiger partial charge >= 0.3 is 0 Å². The first kappa shape index (κ1) is 16.7. The lowest BCUT2D eigenvalue weighted by atomic mass is 9.92. The van der Waals surface area contributed by atoms with Gasteiger partial charge in [-0.3, -0.25) is 9.59 Å². The summed E-state index contributed by atoms with van der Waals surface area (Å²) in [6, 6.07) is 10.7. The van der Waals surface area contributed by atoms with Crippen LogP contribution in [0.3, 0.4) is 0 Å². The maximum Gasteiger partial charge on any atom is 0.255 e. The molecular formula is C19H18BrNO3. The lowest BCUT2D eigenvalue weighted by Crippen LogP contribution is -2.36. The summed E-state index contributed by atoms with van der Waals surface area (Å²) in [7, 11) is 0. The Morgan fingerprint density at radius 3 is 2.67 bits per heavy atom. The van der Waals surface area contributed by atoms with Crippen LogP contribution in [0.1, 0.15) is 46.5 Å². The molecule has 0 fully saturated rings. The number of ketones is 1. The van der Waals surface area contributed by atoms with Crippen LogP contribution in [0.2, 0.25) is 0 Å². The van der Waals surface area contributed by atoms with Gasteiger partial charge in [0.1, 0.15) is 11.4 Å². The van der Waals surface area contributed by atoms with Crippen molar-refractivity contribution >= 4 is 33.3 Å². The molecule has 0 saturated carbocycles. The molecule has 1 N–H and O–H groups in total. The Morgan fingerprint density at radius 2 is 1.96 bits per heavy atom. The molecule has 2 aromatic rings. The van der Waals surface area contributed by atoms with Crippen molar-refractivity contribution in [1.29, 1.82) is 0 Å². The van der Waals surface area contributed by atoms with E-state index in [1.807, 2.05) is 39.0 Å². The molecule has 124 valence electrons. The van der Waals surface area contributed by atoms with E-state index in [2.05, 4.69) is 21.2 Å². The molecule has 24 heavy (non-hydrogen) atoms. The molecule has 1 aliphatic heterocycles. The van der Waals surface area contributed by atoms with Crippen LogP contribution < -0.4 is 10.1 Å². The highest BCUT2D eigenvalue weighted by Gasteiger charge is 2.32. The smallest absolute Gasteiger partial charge is 0.255 e. The van der Waals surface area contributed by atoms with Gasteiger partial charge in [0.15, 0.2) is 5.78 Å². The SMILES string of the molecule is Cc1ccc(NC(=O)c2ccc3c(c2)C(=O)CC(C)(C)O3)c(Br)c1. The Bertz CT molecular complexity index is 843. The van der Waals surface area contributed by atoms with E-state index in [4.69, 9.17) is 4.74 Å². The average molecular weight is 388 g/mol. The van der Waals surface area contributed by atoms with Gasteiger partial charge in [0.25, 0.3) is 5.91 Å². The molecule has 1 heterocycles. The topological polar surface area (TPSA) is 55.4 Å². The average Bonchev–Trinajstić information content (AvgIpc) is 2.48. The number of anilines is 1. The predicted octanol–water partition coefficient (Wildman–Crippen LogP) is 4.75. The normalized spacial score (nSPS) is 15.4. The number of Topliss-reactive ketones (excluding diaryl/α,β-unsaturated/α-hetero) is 1. The third-order valence-electron chi connectivity index (χ3n) is 3.89. The molecular weight excluding hydrogens is 370 g/mol. The zero-order chi connectivity index (χ0) is 17.5. The van der Waals surface area contributed by atoms with Gasteiger partial charge in [-0.05, 0) is 72.6 Å². The van der Waals surface area contributed by atoms with Crippen LogP contribution in [0.4, 0.5) is 5.69 Å². The van der Waals surface area contributed by atoms with Crippen molar-refractivity contribution in [1.82, 2.24) is 0 Å². The number of amides is 1.